The molecular weight excluding hydrogens is 320 g/mol. The number of aliphatic hydroxyl groups is 4. The Morgan fingerprint density at radius 2 is 1.73 bits per heavy atom. The van der Waals surface area contributed by atoms with E-state index in [1.807, 2.05) is 0 Å². The van der Waals surface area contributed by atoms with Crippen molar-refractivity contribution in [2.45, 2.75) is 17.1 Å². The molecule has 0 spiro atoms. The molecule has 1 aromatic rings. The molecule has 1 aromatic carbocycles. The Bertz CT molecular complexity index is 650. The van der Waals surface area contributed by atoms with Crippen molar-refractivity contribution >= 4 is 16.1 Å². The van der Waals surface area contributed by atoms with Gasteiger partial charge in [-0.1, -0.05) is 18.2 Å². The van der Waals surface area contributed by atoms with Crippen LogP contribution in [-0.2, 0) is 19.6 Å². The third-order valence-electron chi connectivity index (χ3n) is 2.52. The van der Waals surface area contributed by atoms with Crippen LogP contribution in [0.15, 0.2) is 46.7 Å². The van der Waals surface area contributed by atoms with E-state index in [-0.39, 0.29) is 4.90 Å². The summed E-state index contributed by atoms with van der Waals surface area (Å²) in [6.07, 6.45) is -2.78. The summed E-state index contributed by atoms with van der Waals surface area (Å²) in [5.41, 5.74) is 0. The lowest BCUT2D eigenvalue weighted by Gasteiger charge is -2.13. The fraction of sp³-hybridized carbons (Fsp3) is 0.250. The zero-order chi connectivity index (χ0) is 16.9. The van der Waals surface area contributed by atoms with Crippen molar-refractivity contribution in [3.05, 3.63) is 41.9 Å². The van der Waals surface area contributed by atoms with Gasteiger partial charge in [-0.3, -0.25) is 4.55 Å². The maximum atomic E-state index is 10.5. The molecule has 0 unspecified atom stereocenters. The topological polar surface area (TPSA) is 162 Å². The third-order valence-corrected chi connectivity index (χ3v) is 3.38. The maximum absolute atomic E-state index is 10.5. The molecule has 0 amide bonds. The van der Waals surface area contributed by atoms with Crippen molar-refractivity contribution in [2.75, 3.05) is 6.61 Å². The summed E-state index contributed by atoms with van der Waals surface area (Å²) in [4.78, 5) is 10.5. The van der Waals surface area contributed by atoms with Crippen molar-refractivity contribution in [2.24, 2.45) is 0 Å². The Morgan fingerprint density at radius 1 is 1.18 bits per heavy atom. The largest absolute Gasteiger partial charge is 0.505 e. The molecule has 1 aliphatic rings. The number of hydrogen-bond donors (Lipinski definition) is 5. The molecule has 2 rings (SSSR count). The van der Waals surface area contributed by atoms with Crippen LogP contribution in [0.25, 0.3) is 0 Å². The lowest BCUT2D eigenvalue weighted by molar-refractivity contribution is -0.147. The molecule has 10 heteroatoms. The summed E-state index contributed by atoms with van der Waals surface area (Å²) in [6, 6.07) is 7.42. The first-order valence-electron chi connectivity index (χ1n) is 5.83. The number of hydrogen-bond acceptors (Lipinski definition) is 8. The highest BCUT2D eigenvalue weighted by atomic mass is 32.2. The van der Waals surface area contributed by atoms with E-state index in [1.165, 1.54) is 12.1 Å². The van der Waals surface area contributed by atoms with Gasteiger partial charge < -0.3 is 25.2 Å². The standard InChI is InChI=1S/C6H8O6.C6H6O3S/c7-1-2(8)5-3(9)4(10)6(11)12-5;7-10(8,9)6-4-2-1-3-5-6/h2,5,7-10H,1H2;1-5H,(H,7,8,9)/t2-,5+;/m0./s1. The number of ether oxygens (including phenoxy) is 1. The zero-order valence-electron chi connectivity index (χ0n) is 11.0. The van der Waals surface area contributed by atoms with Gasteiger partial charge in [-0.2, -0.15) is 8.42 Å². The van der Waals surface area contributed by atoms with E-state index in [1.54, 1.807) is 18.2 Å². The van der Waals surface area contributed by atoms with E-state index < -0.39 is 46.4 Å². The van der Waals surface area contributed by atoms with Crippen molar-refractivity contribution in [1.29, 1.82) is 0 Å². The Kier molecular flexibility index (Phi) is 5.88. The fourth-order valence-corrected chi connectivity index (χ4v) is 1.92. The molecule has 0 radical (unpaired) electrons. The van der Waals surface area contributed by atoms with Crippen LogP contribution in [-0.4, -0.2) is 58.2 Å². The molecule has 1 aliphatic heterocycles. The molecular formula is C12H14O9S. The van der Waals surface area contributed by atoms with Crippen LogP contribution in [0.1, 0.15) is 0 Å². The van der Waals surface area contributed by atoms with E-state index in [0.29, 0.717) is 0 Å². The van der Waals surface area contributed by atoms with Crippen LogP contribution in [0.2, 0.25) is 0 Å². The number of rotatable bonds is 3. The second-order valence-electron chi connectivity index (χ2n) is 4.10. The van der Waals surface area contributed by atoms with Crippen molar-refractivity contribution in [3.8, 4) is 0 Å². The van der Waals surface area contributed by atoms with Gasteiger partial charge in [0.1, 0.15) is 6.10 Å². The molecule has 0 bridgehead atoms. The van der Waals surface area contributed by atoms with Crippen LogP contribution in [0.5, 0.6) is 0 Å². The Balaban J connectivity index is 0.000000224. The van der Waals surface area contributed by atoms with Crippen molar-refractivity contribution in [1.82, 2.24) is 0 Å². The number of carbonyl (C=O) groups is 1. The normalized spacial score (nSPS) is 19.2. The third kappa shape index (κ3) is 4.43. The zero-order valence-corrected chi connectivity index (χ0v) is 11.8. The minimum atomic E-state index is -4.00. The second-order valence-corrected chi connectivity index (χ2v) is 5.52. The molecule has 0 saturated heterocycles. The average molecular weight is 334 g/mol. The minimum Gasteiger partial charge on any atom is -0.505 e. The molecule has 22 heavy (non-hydrogen) atoms. The van der Waals surface area contributed by atoms with Crippen LogP contribution in [0.3, 0.4) is 0 Å². The van der Waals surface area contributed by atoms with Gasteiger partial charge in [0.25, 0.3) is 10.1 Å². The number of esters is 1. The van der Waals surface area contributed by atoms with E-state index in [2.05, 4.69) is 4.74 Å². The highest BCUT2D eigenvalue weighted by molar-refractivity contribution is 7.85. The monoisotopic (exact) mass is 334 g/mol. The second kappa shape index (κ2) is 7.22. The summed E-state index contributed by atoms with van der Waals surface area (Å²) < 4.78 is 33.6. The molecule has 5 N–H and O–H groups in total. The van der Waals surface area contributed by atoms with Gasteiger partial charge in [0.2, 0.25) is 5.76 Å². The number of aliphatic hydroxyl groups excluding tert-OH is 4. The molecule has 1 heterocycles. The first kappa shape index (κ1) is 17.9. The maximum Gasteiger partial charge on any atom is 0.377 e. The van der Waals surface area contributed by atoms with Crippen molar-refractivity contribution in [3.63, 3.8) is 0 Å². The lowest BCUT2D eigenvalue weighted by atomic mass is 10.2. The van der Waals surface area contributed by atoms with E-state index in [9.17, 15) is 13.2 Å². The quantitative estimate of drug-likeness (QED) is 0.363. The summed E-state index contributed by atoms with van der Waals surface area (Å²) in [6.45, 7) is -0.671. The molecule has 9 nitrogen and oxygen atoms in total. The fourth-order valence-electron chi connectivity index (χ4n) is 1.42. The smallest absolute Gasteiger partial charge is 0.377 e. The van der Waals surface area contributed by atoms with Crippen LogP contribution >= 0.6 is 0 Å². The predicted octanol–water partition coefficient (Wildman–Crippen LogP) is -0.474. The molecule has 2 atom stereocenters. The van der Waals surface area contributed by atoms with Gasteiger partial charge >= 0.3 is 5.97 Å². The van der Waals surface area contributed by atoms with Gasteiger partial charge in [0.15, 0.2) is 11.9 Å². The molecule has 0 fully saturated rings. The summed E-state index contributed by atoms with van der Waals surface area (Å²) >= 11 is 0. The van der Waals surface area contributed by atoms with Gasteiger partial charge in [-0.15, -0.1) is 0 Å². The first-order valence-corrected chi connectivity index (χ1v) is 7.27. The molecule has 122 valence electrons. The number of cyclic esters (lactones) is 1. The predicted molar refractivity (Wildman–Crippen MR) is 71.5 cm³/mol. The summed E-state index contributed by atoms with van der Waals surface area (Å²) in [7, 11) is -4.00. The molecule has 0 aliphatic carbocycles. The number of carbonyl (C=O) groups excluding carboxylic acids is 1. The van der Waals surface area contributed by atoms with Gasteiger partial charge in [0.05, 0.1) is 11.5 Å². The van der Waals surface area contributed by atoms with Crippen LogP contribution in [0.4, 0.5) is 0 Å². The molecule has 0 saturated carbocycles. The van der Waals surface area contributed by atoms with Crippen LogP contribution < -0.4 is 0 Å². The highest BCUT2D eigenvalue weighted by Crippen LogP contribution is 2.20. The molecule has 0 aromatic heterocycles. The van der Waals surface area contributed by atoms with Crippen LogP contribution in [0, 0.1) is 0 Å². The minimum absolute atomic E-state index is 0.0741. The van der Waals surface area contributed by atoms with E-state index in [0.717, 1.165) is 0 Å². The lowest BCUT2D eigenvalue weighted by Crippen LogP contribution is -2.31. The van der Waals surface area contributed by atoms with Gasteiger partial charge in [-0.25, -0.2) is 4.79 Å². The average Bonchev–Trinajstić information content (AvgIpc) is 2.75. The highest BCUT2D eigenvalue weighted by Gasteiger charge is 2.38. The van der Waals surface area contributed by atoms with Gasteiger partial charge in [-0.05, 0) is 12.1 Å². The SMILES string of the molecule is O=C1O[C@H]([C@@H](O)CO)C(O)=C1O.O=S(=O)(O)c1ccccc1. The summed E-state index contributed by atoms with van der Waals surface area (Å²) in [5, 5.41) is 35.0. The van der Waals surface area contributed by atoms with Gasteiger partial charge in [0, 0.05) is 0 Å². The first-order chi connectivity index (χ1) is 10.2. The number of benzene rings is 1. The summed E-state index contributed by atoms with van der Waals surface area (Å²) in [5.74, 6) is -2.78. The Hall–Kier alpha value is -2.14. The van der Waals surface area contributed by atoms with E-state index in [4.69, 9.17) is 25.0 Å². The van der Waals surface area contributed by atoms with Crippen molar-refractivity contribution < 1.29 is 42.9 Å². The Morgan fingerprint density at radius 3 is 2.05 bits per heavy atom. The Labute approximate surface area is 125 Å². The van der Waals surface area contributed by atoms with E-state index >= 15 is 0 Å².